The lowest BCUT2D eigenvalue weighted by molar-refractivity contribution is -0.260. The van der Waals surface area contributed by atoms with Crippen LogP contribution in [-0.4, -0.2) is 21.9 Å². The van der Waals surface area contributed by atoms with Crippen LogP contribution >= 0.6 is 0 Å². The molecule has 2 bridgehead atoms. The van der Waals surface area contributed by atoms with Crippen LogP contribution in [-0.2, 0) is 0 Å². The highest BCUT2D eigenvalue weighted by Crippen LogP contribution is 2.74. The molecule has 0 saturated heterocycles. The Bertz CT molecular complexity index is 874. The monoisotopic (exact) mass is 353 g/mol. The maximum absolute atomic E-state index is 12.9. The van der Waals surface area contributed by atoms with Gasteiger partial charge in [0.25, 0.3) is 5.91 Å². The van der Waals surface area contributed by atoms with Crippen molar-refractivity contribution in [1.29, 1.82) is 0 Å². The second kappa shape index (κ2) is 5.11. The van der Waals surface area contributed by atoms with Gasteiger partial charge in [-0.1, -0.05) is 41.5 Å². The number of nitrogens with one attached hydrogen (secondary N) is 2. The molecule has 4 heteroatoms. The number of fused-ring (bicyclic) bond motifs is 3. The lowest BCUT2D eigenvalue weighted by Crippen LogP contribution is -2.73. The van der Waals surface area contributed by atoms with E-state index in [0.29, 0.717) is 28.4 Å². The molecule has 0 aliphatic heterocycles. The molecule has 2 N–H and O–H groups in total. The van der Waals surface area contributed by atoms with Crippen LogP contribution < -0.4 is 5.32 Å². The zero-order chi connectivity index (χ0) is 19.1. The van der Waals surface area contributed by atoms with Crippen LogP contribution in [0.15, 0.2) is 18.3 Å². The van der Waals surface area contributed by atoms with E-state index in [9.17, 15) is 4.79 Å². The third-order valence-corrected chi connectivity index (χ3v) is 7.59. The normalized spacial score (nSPS) is 30.7. The van der Waals surface area contributed by atoms with Gasteiger partial charge in [0.1, 0.15) is 5.69 Å². The average molecular weight is 354 g/mol. The van der Waals surface area contributed by atoms with E-state index < -0.39 is 0 Å². The number of aromatic nitrogens is 2. The Balaban J connectivity index is 1.58. The molecular weight excluding hydrogens is 322 g/mol. The van der Waals surface area contributed by atoms with E-state index in [1.54, 1.807) is 6.20 Å². The number of hydrogen-bond donors (Lipinski definition) is 2. The molecule has 0 radical (unpaired) electrons. The van der Waals surface area contributed by atoms with E-state index in [1.165, 1.54) is 0 Å². The summed E-state index contributed by atoms with van der Waals surface area (Å²) < 4.78 is 0. The summed E-state index contributed by atoms with van der Waals surface area (Å²) in [6.45, 7) is 16.2. The van der Waals surface area contributed by atoms with Crippen molar-refractivity contribution < 1.29 is 4.79 Å². The minimum absolute atomic E-state index is 0.00570. The molecule has 0 aromatic carbocycles. The molecule has 1 atom stereocenters. The Kier molecular flexibility index (Phi) is 3.46. The van der Waals surface area contributed by atoms with Crippen molar-refractivity contribution in [2.24, 2.45) is 28.1 Å². The first-order chi connectivity index (χ1) is 12.0. The molecule has 3 aliphatic carbocycles. The van der Waals surface area contributed by atoms with Gasteiger partial charge >= 0.3 is 0 Å². The first kappa shape index (κ1) is 17.6. The highest BCUT2D eigenvalue weighted by atomic mass is 16.2. The van der Waals surface area contributed by atoms with Gasteiger partial charge in [-0.2, -0.15) is 0 Å². The molecule has 2 aromatic rings. The fourth-order valence-electron chi connectivity index (χ4n) is 7.23. The number of rotatable bonds is 2. The Labute approximate surface area is 156 Å². The van der Waals surface area contributed by atoms with Gasteiger partial charge in [-0.15, -0.1) is 0 Å². The molecule has 0 spiro atoms. The summed E-state index contributed by atoms with van der Waals surface area (Å²) in [4.78, 5) is 20.5. The third kappa shape index (κ3) is 2.20. The number of hydrogen-bond acceptors (Lipinski definition) is 2. The average Bonchev–Trinajstić information content (AvgIpc) is 2.91. The molecule has 4 nitrogen and oxygen atoms in total. The molecule has 2 heterocycles. The van der Waals surface area contributed by atoms with E-state index in [0.717, 1.165) is 23.0 Å². The number of carbonyl (C=O) groups excluding carboxylic acids is 1. The summed E-state index contributed by atoms with van der Waals surface area (Å²) in [5.41, 5.74) is 3.26. The van der Waals surface area contributed by atoms with Crippen LogP contribution in [0.4, 0.5) is 0 Å². The van der Waals surface area contributed by atoms with Gasteiger partial charge in [0, 0.05) is 17.1 Å². The zero-order valence-electron chi connectivity index (χ0n) is 17.0. The third-order valence-electron chi connectivity index (χ3n) is 7.59. The van der Waals surface area contributed by atoms with Crippen LogP contribution in [0.2, 0.25) is 0 Å². The molecular formula is C22H31N3O. The van der Waals surface area contributed by atoms with Gasteiger partial charge in [0.2, 0.25) is 0 Å². The molecule has 140 valence electrons. The highest BCUT2D eigenvalue weighted by molar-refractivity contribution is 5.98. The summed E-state index contributed by atoms with van der Waals surface area (Å²) in [6.07, 6.45) is 2.85. The van der Waals surface area contributed by atoms with E-state index >= 15 is 0 Å². The molecule has 5 rings (SSSR count). The van der Waals surface area contributed by atoms with Crippen molar-refractivity contribution >= 4 is 16.8 Å². The number of carbonyl (C=O) groups is 1. The Hall–Kier alpha value is -1.84. The SMILES string of the molecule is Cc1cc2cc(C(=O)N[C@H]3CC4C(C)(C)C(C4(C)C)C3(C)C)[nH]c2cn1. The minimum Gasteiger partial charge on any atom is -0.349 e. The zero-order valence-corrected chi connectivity index (χ0v) is 17.0. The van der Waals surface area contributed by atoms with Gasteiger partial charge in [0.05, 0.1) is 11.7 Å². The Morgan fingerprint density at radius 3 is 2.38 bits per heavy atom. The first-order valence-electron chi connectivity index (χ1n) is 9.72. The summed E-state index contributed by atoms with van der Waals surface area (Å²) in [5.74, 6) is 1.24. The molecule has 26 heavy (non-hydrogen) atoms. The van der Waals surface area contributed by atoms with Crippen LogP contribution in [0.25, 0.3) is 10.9 Å². The maximum Gasteiger partial charge on any atom is 0.267 e. The maximum atomic E-state index is 12.9. The molecule has 3 aliphatic rings. The van der Waals surface area contributed by atoms with Crippen molar-refractivity contribution in [1.82, 2.24) is 15.3 Å². The summed E-state index contributed by atoms with van der Waals surface area (Å²) in [5, 5.41) is 4.38. The van der Waals surface area contributed by atoms with Gasteiger partial charge in [0.15, 0.2) is 0 Å². The molecule has 3 saturated carbocycles. The molecule has 0 unspecified atom stereocenters. The second-order valence-electron chi connectivity index (χ2n) is 10.3. The fourth-order valence-corrected chi connectivity index (χ4v) is 7.23. The standard InChI is InChI=1S/C22H31N3O/c1-12-8-13-9-14(24-15(13)11-23-12)18(26)25-17-10-16-20(2,3)19(21(16,4)5)22(17,6)7/h8-9,11,16-17,19,24H,10H2,1-7H3,(H,25,26)/t16?,17-,19?/m0/s1. The van der Waals surface area contributed by atoms with Crippen LogP contribution in [0.3, 0.4) is 0 Å². The number of H-pyrrole nitrogens is 1. The summed E-state index contributed by atoms with van der Waals surface area (Å²) >= 11 is 0. The van der Waals surface area contributed by atoms with Crippen molar-refractivity contribution in [3.63, 3.8) is 0 Å². The smallest absolute Gasteiger partial charge is 0.267 e. The first-order valence-corrected chi connectivity index (χ1v) is 9.72. The number of amides is 1. The molecule has 1 amide bonds. The van der Waals surface area contributed by atoms with Crippen molar-refractivity contribution in [2.45, 2.75) is 60.9 Å². The van der Waals surface area contributed by atoms with Gasteiger partial charge in [-0.3, -0.25) is 9.78 Å². The molecule has 2 aromatic heterocycles. The van der Waals surface area contributed by atoms with Crippen molar-refractivity contribution in [3.8, 4) is 0 Å². The second-order valence-corrected chi connectivity index (χ2v) is 10.3. The van der Waals surface area contributed by atoms with E-state index in [1.807, 2.05) is 19.1 Å². The van der Waals surface area contributed by atoms with Gasteiger partial charge < -0.3 is 10.3 Å². The minimum atomic E-state index is -0.00570. The fraction of sp³-hybridized carbons (Fsp3) is 0.636. The highest BCUT2D eigenvalue weighted by Gasteiger charge is 2.70. The van der Waals surface area contributed by atoms with Crippen LogP contribution in [0, 0.1) is 35.0 Å². The Morgan fingerprint density at radius 2 is 1.77 bits per heavy atom. The molecule has 3 fully saturated rings. The number of aryl methyl sites for hydroxylation is 1. The van der Waals surface area contributed by atoms with Gasteiger partial charge in [-0.05, 0) is 53.6 Å². The predicted octanol–water partition coefficient (Wildman–Crippen LogP) is 4.70. The quantitative estimate of drug-likeness (QED) is 0.822. The predicted molar refractivity (Wildman–Crippen MR) is 105 cm³/mol. The van der Waals surface area contributed by atoms with E-state index in [4.69, 9.17) is 0 Å². The summed E-state index contributed by atoms with van der Waals surface area (Å²) in [6, 6.07) is 4.15. The topological polar surface area (TPSA) is 57.8 Å². The van der Waals surface area contributed by atoms with Crippen molar-refractivity contribution in [2.75, 3.05) is 0 Å². The van der Waals surface area contributed by atoms with E-state index in [-0.39, 0.29) is 17.4 Å². The van der Waals surface area contributed by atoms with E-state index in [2.05, 4.69) is 56.8 Å². The lowest BCUT2D eigenvalue weighted by Gasteiger charge is -2.75. The van der Waals surface area contributed by atoms with Crippen LogP contribution in [0.1, 0.15) is 64.1 Å². The largest absolute Gasteiger partial charge is 0.349 e. The van der Waals surface area contributed by atoms with Crippen LogP contribution in [0.5, 0.6) is 0 Å². The lowest BCUT2D eigenvalue weighted by atomic mass is 9.30. The number of aromatic amines is 1. The Morgan fingerprint density at radius 1 is 1.12 bits per heavy atom. The number of nitrogens with zero attached hydrogens (tertiary/aromatic N) is 1. The number of pyridine rings is 1. The summed E-state index contributed by atoms with van der Waals surface area (Å²) in [7, 11) is 0. The van der Waals surface area contributed by atoms with Crippen molar-refractivity contribution in [3.05, 3.63) is 29.7 Å². The van der Waals surface area contributed by atoms with Gasteiger partial charge in [-0.25, -0.2) is 0 Å².